The Balaban J connectivity index is 1.16. The third-order valence-corrected chi connectivity index (χ3v) is 18.2. The Morgan fingerprint density at radius 3 is 2.20 bits per heavy atom. The predicted molar refractivity (Wildman–Crippen MR) is 228 cm³/mol. The molecule has 5 aromatic rings. The molecule has 4 atom stereocenters. The molecule has 6 nitrogen and oxygen atoms in total. The maximum Gasteiger partial charge on any atom is 0.261 e. The summed E-state index contributed by atoms with van der Waals surface area (Å²) < 4.78 is 14.3. The van der Waals surface area contributed by atoms with E-state index in [0.717, 1.165) is 46.0 Å². The quantitative estimate of drug-likeness (QED) is 0.0777. The molecule has 1 N–H and O–H groups in total. The monoisotopic (exact) mass is 781 g/mol. The van der Waals surface area contributed by atoms with Crippen LogP contribution in [0.25, 0.3) is 16.8 Å². The minimum Gasteiger partial charge on any atom is -0.507 e. The van der Waals surface area contributed by atoms with Gasteiger partial charge in [0.05, 0.1) is 37.7 Å². The number of fused-ring (bicyclic) bond motifs is 4. The van der Waals surface area contributed by atoms with E-state index >= 15 is 0 Å². The molecule has 3 heterocycles. The van der Waals surface area contributed by atoms with Crippen LogP contribution in [0.4, 0.5) is 0 Å². The molecule has 3 aliphatic rings. The van der Waals surface area contributed by atoms with Crippen LogP contribution in [0.1, 0.15) is 63.8 Å². The highest BCUT2D eigenvalue weighted by molar-refractivity contribution is 7.09. The zero-order valence-corrected chi connectivity index (χ0v) is 34.6. The second-order valence-corrected chi connectivity index (χ2v) is 21.9. The molecule has 0 spiro atoms. The topological polar surface area (TPSA) is 76.1 Å². The van der Waals surface area contributed by atoms with Crippen molar-refractivity contribution in [2.24, 2.45) is 17.8 Å². The van der Waals surface area contributed by atoms with Crippen molar-refractivity contribution in [1.82, 2.24) is 4.90 Å². The van der Waals surface area contributed by atoms with Gasteiger partial charge >= 0.3 is 0 Å². The van der Waals surface area contributed by atoms with E-state index in [1.165, 1.54) is 26.4 Å². The number of amides is 2. The van der Waals surface area contributed by atoms with Crippen LogP contribution in [-0.4, -0.2) is 49.5 Å². The number of carbonyl (C=O) groups is 2. The van der Waals surface area contributed by atoms with E-state index in [9.17, 15) is 14.7 Å². The third kappa shape index (κ3) is 6.91. The molecule has 2 fully saturated rings. The van der Waals surface area contributed by atoms with E-state index in [4.69, 9.17) is 9.16 Å². The van der Waals surface area contributed by atoms with Gasteiger partial charge in [-0.15, -0.1) is 11.3 Å². The molecular weight excluding hydrogens is 731 g/mol. The van der Waals surface area contributed by atoms with Crippen LogP contribution in [0.2, 0.25) is 5.04 Å². The molecule has 2 amide bonds. The number of thiophene rings is 1. The van der Waals surface area contributed by atoms with Crippen molar-refractivity contribution < 1.29 is 23.9 Å². The standard InChI is InChI=1S/C48H51NO5SSi/c1-5-32(27-33-23-24-42(50)39-21-13-12-20-38(33)39)22-25-43-44-34(28-40-45(41(44)31-53-43)47(52)49(46(40)51)29-35-15-14-26-55-35)30-54-56(48(2,3)4,36-16-8-6-9-17-36)37-18-10-7-11-19-37/h6-21,23-24,26-27,40-41,43,45,50H,5,22,25,28-31H2,1-4H3/b32-27+/t40-,41+,43-,45-/m1/s1. The van der Waals surface area contributed by atoms with E-state index in [1.54, 1.807) is 17.4 Å². The van der Waals surface area contributed by atoms with Gasteiger partial charge in [-0.25, -0.2) is 0 Å². The van der Waals surface area contributed by atoms with Crippen molar-refractivity contribution in [2.45, 2.75) is 71.1 Å². The van der Waals surface area contributed by atoms with Gasteiger partial charge in [-0.3, -0.25) is 14.5 Å². The van der Waals surface area contributed by atoms with Gasteiger partial charge in [0.25, 0.3) is 8.32 Å². The number of benzene rings is 4. The van der Waals surface area contributed by atoms with E-state index < -0.39 is 20.2 Å². The number of hydrogen-bond acceptors (Lipinski definition) is 6. The van der Waals surface area contributed by atoms with Gasteiger partial charge in [-0.1, -0.05) is 136 Å². The number of rotatable bonds is 12. The molecule has 1 aromatic heterocycles. The maximum atomic E-state index is 14.3. The van der Waals surface area contributed by atoms with Crippen LogP contribution in [0.3, 0.4) is 0 Å². The fraction of sp³-hybridized carbons (Fsp3) is 0.333. The lowest BCUT2D eigenvalue weighted by Crippen LogP contribution is -2.66. The summed E-state index contributed by atoms with van der Waals surface area (Å²) in [6.45, 7) is 10.2. The lowest BCUT2D eigenvalue weighted by atomic mass is 9.69. The summed E-state index contributed by atoms with van der Waals surface area (Å²) in [5, 5.41) is 16.6. The molecule has 2 saturated heterocycles. The first kappa shape index (κ1) is 38.3. The Kier molecular flexibility index (Phi) is 10.8. The molecule has 0 bridgehead atoms. The molecule has 1 aliphatic carbocycles. The molecule has 8 rings (SSSR count). The number of carbonyl (C=O) groups excluding carboxylic acids is 2. The SMILES string of the molecule is CC/C(=C\c1ccc(O)c2ccccc12)CC[C@H]1OC[C@H]2C1=C(CO[Si](c1ccccc1)(c1ccccc1)C(C)(C)C)C[C@H]1C(=O)N(Cc3cccs3)C(=O)[C@H]12. The number of hydrogen-bond donors (Lipinski definition) is 1. The van der Waals surface area contributed by atoms with Crippen molar-refractivity contribution >= 4 is 58.7 Å². The first-order valence-electron chi connectivity index (χ1n) is 20.0. The molecule has 0 saturated carbocycles. The Morgan fingerprint density at radius 2 is 1.55 bits per heavy atom. The van der Waals surface area contributed by atoms with Gasteiger partial charge in [0.1, 0.15) is 5.75 Å². The second-order valence-electron chi connectivity index (χ2n) is 16.5. The van der Waals surface area contributed by atoms with E-state index in [2.05, 4.69) is 101 Å². The smallest absolute Gasteiger partial charge is 0.261 e. The van der Waals surface area contributed by atoms with Crippen molar-refractivity contribution in [1.29, 1.82) is 0 Å². The van der Waals surface area contributed by atoms with Crippen molar-refractivity contribution in [3.8, 4) is 5.75 Å². The van der Waals surface area contributed by atoms with Gasteiger partial charge in [-0.05, 0) is 80.7 Å². The van der Waals surface area contributed by atoms with Crippen molar-refractivity contribution in [2.75, 3.05) is 13.2 Å². The molecule has 0 radical (unpaired) electrons. The van der Waals surface area contributed by atoms with Crippen LogP contribution in [0, 0.1) is 17.8 Å². The summed E-state index contributed by atoms with van der Waals surface area (Å²) >= 11 is 1.58. The number of phenols is 1. The second kappa shape index (κ2) is 15.7. The zero-order valence-electron chi connectivity index (χ0n) is 32.7. The summed E-state index contributed by atoms with van der Waals surface area (Å²) in [4.78, 5) is 31.0. The Labute approximate surface area is 335 Å². The van der Waals surface area contributed by atoms with E-state index in [1.807, 2.05) is 41.8 Å². The highest BCUT2D eigenvalue weighted by Crippen LogP contribution is 2.51. The van der Waals surface area contributed by atoms with Crippen LogP contribution in [0.5, 0.6) is 5.75 Å². The fourth-order valence-electron chi connectivity index (χ4n) is 9.66. The highest BCUT2D eigenvalue weighted by atomic mass is 32.1. The Bertz CT molecular complexity index is 2240. The van der Waals surface area contributed by atoms with Gasteiger partial charge < -0.3 is 14.3 Å². The number of nitrogens with zero attached hydrogens (tertiary/aromatic N) is 1. The normalized spacial score (nSPS) is 21.6. The number of likely N-dealkylation sites (tertiary alicyclic amines) is 1. The average molecular weight is 782 g/mol. The lowest BCUT2D eigenvalue weighted by molar-refractivity contribution is -0.140. The minimum atomic E-state index is -2.90. The molecule has 0 unspecified atom stereocenters. The van der Waals surface area contributed by atoms with Gasteiger partial charge in [0.15, 0.2) is 0 Å². The van der Waals surface area contributed by atoms with E-state index in [-0.39, 0.29) is 34.6 Å². The van der Waals surface area contributed by atoms with Crippen molar-refractivity contribution in [3.63, 3.8) is 0 Å². The van der Waals surface area contributed by atoms with Crippen LogP contribution < -0.4 is 10.4 Å². The zero-order chi connectivity index (χ0) is 39.0. The molecule has 288 valence electrons. The number of phenolic OH excluding ortho intramolecular Hbond substituents is 1. The maximum absolute atomic E-state index is 14.3. The molecular formula is C48H51NO5SSi. The number of ether oxygens (including phenoxy) is 1. The summed E-state index contributed by atoms with van der Waals surface area (Å²) in [5.41, 5.74) is 4.67. The van der Waals surface area contributed by atoms with Gasteiger partial charge in [0.2, 0.25) is 11.8 Å². The Morgan fingerprint density at radius 1 is 0.875 bits per heavy atom. The van der Waals surface area contributed by atoms with E-state index in [0.29, 0.717) is 26.2 Å². The van der Waals surface area contributed by atoms with Crippen molar-refractivity contribution in [3.05, 3.63) is 142 Å². The van der Waals surface area contributed by atoms with Crippen LogP contribution >= 0.6 is 11.3 Å². The molecule has 4 aromatic carbocycles. The number of imide groups is 1. The third-order valence-electron chi connectivity index (χ3n) is 12.3. The van der Waals surface area contributed by atoms with Crippen LogP contribution in [0.15, 0.2) is 131 Å². The number of aromatic hydroxyl groups is 1. The molecule has 8 heteroatoms. The van der Waals surface area contributed by atoms with Gasteiger partial charge in [-0.2, -0.15) is 0 Å². The average Bonchev–Trinajstić information content (AvgIpc) is 3.94. The Hall–Kier alpha value is -4.60. The number of allylic oxidation sites excluding steroid dienone is 1. The largest absolute Gasteiger partial charge is 0.507 e. The fourth-order valence-corrected chi connectivity index (χ4v) is 14.9. The summed E-state index contributed by atoms with van der Waals surface area (Å²) in [5.74, 6) is -0.882. The molecule has 2 aliphatic heterocycles. The van der Waals surface area contributed by atoms with Gasteiger partial charge in [0, 0.05) is 16.2 Å². The molecule has 56 heavy (non-hydrogen) atoms. The van der Waals surface area contributed by atoms with Crippen LogP contribution in [-0.2, 0) is 25.3 Å². The minimum absolute atomic E-state index is 0.0690. The highest BCUT2D eigenvalue weighted by Gasteiger charge is 2.58. The summed E-state index contributed by atoms with van der Waals surface area (Å²) in [6.07, 6.45) is 5.04. The summed E-state index contributed by atoms with van der Waals surface area (Å²) in [6, 6.07) is 37.1. The summed E-state index contributed by atoms with van der Waals surface area (Å²) in [7, 11) is -2.90. The first-order valence-corrected chi connectivity index (χ1v) is 22.8. The predicted octanol–water partition coefficient (Wildman–Crippen LogP) is 9.27. The lowest BCUT2D eigenvalue weighted by Gasteiger charge is -2.44. The first-order chi connectivity index (χ1) is 27.1.